The average molecular weight is 1000 g/mol. The first-order valence-electron chi connectivity index (χ1n) is 21.9. The molecule has 0 fully saturated rings. The van der Waals surface area contributed by atoms with E-state index in [1.807, 2.05) is 11.3 Å². The summed E-state index contributed by atoms with van der Waals surface area (Å²) < 4.78 is 2.33. The van der Waals surface area contributed by atoms with Gasteiger partial charge in [0.15, 0.2) is 0 Å². The van der Waals surface area contributed by atoms with E-state index in [-0.39, 0.29) is 27.1 Å². The Morgan fingerprint density at radius 1 is 0.571 bits per heavy atom. The van der Waals surface area contributed by atoms with Gasteiger partial charge in [0.05, 0.1) is 6.04 Å². The van der Waals surface area contributed by atoms with E-state index in [2.05, 4.69) is 221 Å². The molecule has 0 atom stereocenters. The fourth-order valence-electron chi connectivity index (χ4n) is 10.3. The van der Waals surface area contributed by atoms with Gasteiger partial charge in [0.1, 0.15) is 17.2 Å². The van der Waals surface area contributed by atoms with Crippen LogP contribution < -0.4 is 10.1 Å². The van der Waals surface area contributed by atoms with Crippen molar-refractivity contribution in [1.82, 2.24) is 9.55 Å². The number of pyridine rings is 1. The van der Waals surface area contributed by atoms with Crippen LogP contribution in [0.4, 0.5) is 17.1 Å². The maximum absolute atomic E-state index is 5.16. The number of aromatic nitrogens is 2. The zero-order chi connectivity index (χ0) is 42.3. The summed E-state index contributed by atoms with van der Waals surface area (Å²) in [5.74, 6) is 1.61. The van der Waals surface area contributed by atoms with Crippen LogP contribution in [-0.4, -0.2) is 20.5 Å². The van der Waals surface area contributed by atoms with E-state index in [9.17, 15) is 0 Å². The Hall–Kier alpha value is -6.26. The minimum Gasteiger partial charge on any atom is -0.319 e. The number of nitrogens with zero attached hydrogens (tertiary/aromatic N) is 4. The molecule has 2 aliphatic rings. The van der Waals surface area contributed by atoms with Gasteiger partial charge < -0.3 is 4.57 Å². The number of hydrogen-bond acceptors (Lipinski definition) is 3. The van der Waals surface area contributed by atoms with Crippen molar-refractivity contribution in [2.24, 2.45) is 0 Å². The van der Waals surface area contributed by atoms with Crippen molar-refractivity contribution >= 4 is 38.9 Å². The number of fused-ring (bicyclic) bond motifs is 7. The van der Waals surface area contributed by atoms with Gasteiger partial charge in [-0.05, 0) is 106 Å². The van der Waals surface area contributed by atoms with Crippen molar-refractivity contribution in [2.75, 3.05) is 10.1 Å². The number of benzene rings is 7. The predicted molar refractivity (Wildman–Crippen MR) is 255 cm³/mol. The first-order chi connectivity index (χ1) is 30.3. The minimum atomic E-state index is -0.743. The molecule has 0 bridgehead atoms. The van der Waals surface area contributed by atoms with Crippen molar-refractivity contribution in [3.8, 4) is 28.1 Å². The number of hydroxylamine groups is 1. The summed E-state index contributed by atoms with van der Waals surface area (Å²) in [7, 11) is 0. The van der Waals surface area contributed by atoms with Crippen LogP contribution in [0.15, 0.2) is 164 Å². The van der Waals surface area contributed by atoms with Crippen molar-refractivity contribution < 1.29 is 26.0 Å². The van der Waals surface area contributed by atoms with E-state index in [1.54, 1.807) is 0 Å². The molecule has 0 saturated carbocycles. The van der Waals surface area contributed by atoms with Crippen molar-refractivity contribution in [2.45, 2.75) is 64.8 Å². The Balaban J connectivity index is 0.00000471. The van der Waals surface area contributed by atoms with Gasteiger partial charge in [-0.3, -0.25) is 0 Å². The van der Waals surface area contributed by atoms with Crippen LogP contribution in [-0.2, 0) is 26.5 Å². The number of rotatable bonds is 8. The molecular weight excluding hydrogens is 952 g/mol. The third-order valence-corrected chi connectivity index (χ3v) is 13.0. The summed E-state index contributed by atoms with van der Waals surface area (Å²) >= 11 is 0. The molecule has 2 aromatic heterocycles. The topological polar surface area (TPSA) is 37.1 Å². The molecule has 314 valence electrons. The molecule has 63 heavy (non-hydrogen) atoms. The molecule has 0 radical (unpaired) electrons. The van der Waals surface area contributed by atoms with Gasteiger partial charge in [0, 0.05) is 43.9 Å². The third kappa shape index (κ3) is 6.23. The summed E-state index contributed by atoms with van der Waals surface area (Å²) in [5, 5.41) is 6.45. The van der Waals surface area contributed by atoms with Crippen LogP contribution >= 0.6 is 0 Å². The average Bonchev–Trinajstić information content (AvgIpc) is 3.96. The zero-order valence-corrected chi connectivity index (χ0v) is 38.6. The zero-order valence-electron chi connectivity index (χ0n) is 36.4. The molecule has 9 aromatic rings. The van der Waals surface area contributed by atoms with Crippen LogP contribution in [0, 0.1) is 12.1 Å². The van der Waals surface area contributed by atoms with Crippen LogP contribution in [0.1, 0.15) is 86.8 Å². The van der Waals surface area contributed by atoms with Crippen molar-refractivity contribution in [3.05, 3.63) is 209 Å². The molecule has 7 aromatic carbocycles. The number of hydrogen-bond donors (Lipinski definition) is 0. The second kappa shape index (κ2) is 15.8. The van der Waals surface area contributed by atoms with Gasteiger partial charge in [-0.15, -0.1) is 38.8 Å². The largest absolute Gasteiger partial charge is 0.319 e. The van der Waals surface area contributed by atoms with Gasteiger partial charge in [-0.2, -0.15) is 35.3 Å². The molecule has 6 heteroatoms. The molecule has 5 nitrogen and oxygen atoms in total. The maximum Gasteiger partial charge on any atom is 0.145 e. The molecule has 1 aliphatic carbocycles. The van der Waals surface area contributed by atoms with Gasteiger partial charge >= 0.3 is 0 Å². The van der Waals surface area contributed by atoms with E-state index in [0.717, 1.165) is 50.4 Å². The van der Waals surface area contributed by atoms with Crippen molar-refractivity contribution in [1.29, 1.82) is 0 Å². The second-order valence-electron chi connectivity index (χ2n) is 17.6. The van der Waals surface area contributed by atoms with Gasteiger partial charge in [0.25, 0.3) is 0 Å². The van der Waals surface area contributed by atoms with Gasteiger partial charge in [0.2, 0.25) is 0 Å². The van der Waals surface area contributed by atoms with Crippen LogP contribution in [0.25, 0.3) is 49.9 Å². The molecule has 0 unspecified atom stereocenters. The minimum absolute atomic E-state index is 0. The normalized spacial score (nSPS) is 13.9. The fraction of sp³-hybridized carbons (Fsp3) is 0.175. The van der Waals surface area contributed by atoms with Crippen LogP contribution in [0.3, 0.4) is 0 Å². The molecule has 0 saturated heterocycles. The first-order valence-corrected chi connectivity index (χ1v) is 21.9. The number of anilines is 3. The van der Waals surface area contributed by atoms with Crippen LogP contribution in [0.2, 0.25) is 0 Å². The molecule has 1 N–H and O–H groups in total. The molecular formula is C57H49N4OPt-. The maximum atomic E-state index is 5.16. The smallest absolute Gasteiger partial charge is 0.145 e. The van der Waals surface area contributed by atoms with E-state index >= 15 is 0 Å². The summed E-state index contributed by atoms with van der Waals surface area (Å²) in [6, 6.07) is 65.6. The Kier molecular flexibility index (Phi) is 10.2. The Morgan fingerprint density at radius 2 is 1.19 bits per heavy atom. The molecule has 0 amide bonds. The molecule has 0 spiro atoms. The van der Waals surface area contributed by atoms with E-state index < -0.39 is 5.41 Å². The molecule has 3 heterocycles. The first kappa shape index (κ1) is 40.8. The van der Waals surface area contributed by atoms with Gasteiger partial charge in [-0.1, -0.05) is 130 Å². The SMILES string of the molecule is CC(C)c1cccc(C(C)C)c1-c1ccnc(-n2c3[c-]c(C4(c5[c-]c(N6[OH+]N(C(C)C)c7ccccc76)ccc5)c5ccccc5-c5ccccc54)ccc3c3ccccc32)c1.[Pt]. The van der Waals surface area contributed by atoms with Gasteiger partial charge in [-0.25, -0.2) is 4.98 Å². The van der Waals surface area contributed by atoms with Crippen LogP contribution in [0.5, 0.6) is 0 Å². The summed E-state index contributed by atoms with van der Waals surface area (Å²) in [6.45, 7) is 13.5. The monoisotopic (exact) mass is 1000 g/mol. The Morgan fingerprint density at radius 3 is 1.89 bits per heavy atom. The third-order valence-electron chi connectivity index (χ3n) is 13.0. The summed E-state index contributed by atoms with van der Waals surface area (Å²) in [6.07, 6.45) is 1.98. The van der Waals surface area contributed by atoms with E-state index in [1.165, 1.54) is 49.9 Å². The Bertz CT molecular complexity index is 3130. The molecule has 1 aliphatic heterocycles. The quantitative estimate of drug-likeness (QED) is 0.112. The summed E-state index contributed by atoms with van der Waals surface area (Å²) in [4.78, 5) is 10.3. The second-order valence-corrected chi connectivity index (χ2v) is 17.6. The fourth-order valence-corrected chi connectivity index (χ4v) is 10.3. The van der Waals surface area contributed by atoms with E-state index in [4.69, 9.17) is 9.92 Å². The standard InChI is InChI=1S/C57H48N4O.Pt/c1-36(2)43-22-16-23-44(37(3)4)56(43)39-31-32-58-55(33-39)59-51-26-12-9-21-47(51)48-30-29-41(35-54(48)59)57(49-24-10-7-19-45(49)46-20-8-11-25-50(46)57)40-17-15-18-42(34-40)61-53-28-14-13-27-52(53)60(62-61)38(5)6;/h7-33,36-38H,1-6H3;/q-2;/p+1. The Labute approximate surface area is 384 Å². The summed E-state index contributed by atoms with van der Waals surface area (Å²) in [5.41, 5.74) is 16.5. The van der Waals surface area contributed by atoms with E-state index in [0.29, 0.717) is 11.8 Å². The molecule has 11 rings (SSSR count). The predicted octanol–water partition coefficient (Wildman–Crippen LogP) is 14.3. The van der Waals surface area contributed by atoms with Crippen molar-refractivity contribution in [3.63, 3.8) is 0 Å². The number of para-hydroxylation sites is 3.